The maximum atomic E-state index is 13.3. The summed E-state index contributed by atoms with van der Waals surface area (Å²) >= 11 is 6.05. The van der Waals surface area contributed by atoms with Crippen LogP contribution in [0, 0.1) is 5.82 Å². The van der Waals surface area contributed by atoms with Crippen molar-refractivity contribution in [1.82, 2.24) is 10.6 Å². The van der Waals surface area contributed by atoms with E-state index in [0.29, 0.717) is 30.7 Å². The topological polar surface area (TPSA) is 58.2 Å². The van der Waals surface area contributed by atoms with Crippen LogP contribution in [0.4, 0.5) is 4.39 Å². The van der Waals surface area contributed by atoms with Crippen molar-refractivity contribution in [3.05, 3.63) is 106 Å². The normalized spacial score (nSPS) is 18.5. The van der Waals surface area contributed by atoms with Crippen LogP contribution in [0.25, 0.3) is 0 Å². The van der Waals surface area contributed by atoms with Crippen LogP contribution in [0.5, 0.6) is 0 Å². The maximum Gasteiger partial charge on any atom is 0.220 e. The zero-order valence-electron chi connectivity index (χ0n) is 18.2. The number of nitrogens with one attached hydrogen (secondary N) is 2. The number of hydrogen-bond acceptors (Lipinski definition) is 2. The standard InChI is InChI=1S/C27H26ClFN2O2/c28-22-10-8-21(9-11-22)26(20-4-2-1-3-5-20)30-24(32)14-16-27(17-15-25(33)31-27)18-19-6-12-23(29)13-7-19/h1-13,26H,14-18H2,(H,30,32)(H,31,33). The molecule has 4 nitrogen and oxygen atoms in total. The van der Waals surface area contributed by atoms with Gasteiger partial charge in [0.25, 0.3) is 0 Å². The van der Waals surface area contributed by atoms with E-state index in [1.807, 2.05) is 54.6 Å². The largest absolute Gasteiger partial charge is 0.350 e. The first-order valence-electron chi connectivity index (χ1n) is 11.1. The number of benzene rings is 3. The minimum Gasteiger partial charge on any atom is -0.350 e. The quantitative estimate of drug-likeness (QED) is 0.471. The fourth-order valence-electron chi connectivity index (χ4n) is 4.42. The Morgan fingerprint density at radius 2 is 1.67 bits per heavy atom. The van der Waals surface area contributed by atoms with Crippen molar-refractivity contribution in [3.8, 4) is 0 Å². The van der Waals surface area contributed by atoms with Gasteiger partial charge in [0.05, 0.1) is 6.04 Å². The van der Waals surface area contributed by atoms with E-state index in [2.05, 4.69) is 10.6 Å². The molecule has 3 aromatic carbocycles. The van der Waals surface area contributed by atoms with Crippen LogP contribution >= 0.6 is 11.6 Å². The van der Waals surface area contributed by atoms with Crippen molar-refractivity contribution in [2.75, 3.05) is 0 Å². The van der Waals surface area contributed by atoms with Crippen LogP contribution in [0.15, 0.2) is 78.9 Å². The van der Waals surface area contributed by atoms with Crippen molar-refractivity contribution in [3.63, 3.8) is 0 Å². The number of hydrogen-bond donors (Lipinski definition) is 2. The van der Waals surface area contributed by atoms with E-state index in [4.69, 9.17) is 11.6 Å². The first-order valence-corrected chi connectivity index (χ1v) is 11.5. The molecule has 1 fully saturated rings. The smallest absolute Gasteiger partial charge is 0.220 e. The Balaban J connectivity index is 1.47. The molecule has 2 atom stereocenters. The lowest BCUT2D eigenvalue weighted by Crippen LogP contribution is -2.44. The van der Waals surface area contributed by atoms with Gasteiger partial charge in [-0.05, 0) is 60.2 Å². The second-order valence-electron chi connectivity index (χ2n) is 8.59. The van der Waals surface area contributed by atoms with E-state index < -0.39 is 5.54 Å². The van der Waals surface area contributed by atoms with Crippen molar-refractivity contribution >= 4 is 23.4 Å². The lowest BCUT2D eigenvalue weighted by atomic mass is 9.85. The predicted molar refractivity (Wildman–Crippen MR) is 127 cm³/mol. The molecule has 170 valence electrons. The van der Waals surface area contributed by atoms with Gasteiger partial charge in [0, 0.05) is 23.4 Å². The Kier molecular flexibility index (Phi) is 7.09. The summed E-state index contributed by atoms with van der Waals surface area (Å²) in [6.07, 6.45) is 2.41. The van der Waals surface area contributed by atoms with Crippen LogP contribution in [0.1, 0.15) is 48.4 Å². The molecule has 2 unspecified atom stereocenters. The predicted octanol–water partition coefficient (Wildman–Crippen LogP) is 5.36. The summed E-state index contributed by atoms with van der Waals surface area (Å²) in [5.41, 5.74) is 2.34. The first-order chi connectivity index (χ1) is 15.9. The number of halogens is 2. The Bertz CT molecular complexity index is 1100. The van der Waals surface area contributed by atoms with E-state index in [-0.39, 0.29) is 30.1 Å². The van der Waals surface area contributed by atoms with Gasteiger partial charge in [0.15, 0.2) is 0 Å². The Hall–Kier alpha value is -3.18. The molecular formula is C27H26ClFN2O2. The molecule has 6 heteroatoms. The number of amides is 2. The Morgan fingerprint density at radius 3 is 2.30 bits per heavy atom. The van der Waals surface area contributed by atoms with Crippen LogP contribution in [0.2, 0.25) is 5.02 Å². The van der Waals surface area contributed by atoms with Gasteiger partial charge in [-0.15, -0.1) is 0 Å². The summed E-state index contributed by atoms with van der Waals surface area (Å²) in [5.74, 6) is -0.406. The highest BCUT2D eigenvalue weighted by atomic mass is 35.5. The second kappa shape index (κ2) is 10.2. The summed E-state index contributed by atoms with van der Waals surface area (Å²) < 4.78 is 13.3. The molecule has 0 bridgehead atoms. The fraction of sp³-hybridized carbons (Fsp3) is 0.259. The van der Waals surface area contributed by atoms with E-state index >= 15 is 0 Å². The zero-order valence-corrected chi connectivity index (χ0v) is 18.9. The lowest BCUT2D eigenvalue weighted by molar-refractivity contribution is -0.123. The lowest BCUT2D eigenvalue weighted by Gasteiger charge is -2.30. The Morgan fingerprint density at radius 1 is 1.00 bits per heavy atom. The summed E-state index contributed by atoms with van der Waals surface area (Å²) in [7, 11) is 0. The average Bonchev–Trinajstić information content (AvgIpc) is 3.19. The summed E-state index contributed by atoms with van der Waals surface area (Å²) in [4.78, 5) is 25.1. The highest BCUT2D eigenvalue weighted by molar-refractivity contribution is 6.30. The maximum absolute atomic E-state index is 13.3. The molecule has 1 heterocycles. The van der Waals surface area contributed by atoms with Crippen LogP contribution in [-0.4, -0.2) is 17.4 Å². The van der Waals surface area contributed by atoms with Gasteiger partial charge in [-0.2, -0.15) is 0 Å². The number of rotatable bonds is 8. The van der Waals surface area contributed by atoms with Gasteiger partial charge >= 0.3 is 0 Å². The van der Waals surface area contributed by atoms with Crippen LogP contribution < -0.4 is 10.6 Å². The molecule has 2 amide bonds. The Labute approximate surface area is 198 Å². The molecule has 33 heavy (non-hydrogen) atoms. The summed E-state index contributed by atoms with van der Waals surface area (Å²) in [6, 6.07) is 23.2. The molecule has 0 radical (unpaired) electrons. The van der Waals surface area contributed by atoms with Gasteiger partial charge in [-0.25, -0.2) is 4.39 Å². The summed E-state index contributed by atoms with van der Waals surface area (Å²) in [6.45, 7) is 0. The monoisotopic (exact) mass is 464 g/mol. The molecule has 0 aromatic heterocycles. The highest BCUT2D eigenvalue weighted by Gasteiger charge is 2.38. The third-order valence-corrected chi connectivity index (χ3v) is 6.42. The van der Waals surface area contributed by atoms with E-state index in [1.54, 1.807) is 12.1 Å². The molecule has 1 saturated heterocycles. The van der Waals surface area contributed by atoms with Crippen molar-refractivity contribution in [1.29, 1.82) is 0 Å². The van der Waals surface area contributed by atoms with Gasteiger partial charge in [-0.1, -0.05) is 66.2 Å². The van der Waals surface area contributed by atoms with Gasteiger partial charge in [0.1, 0.15) is 5.82 Å². The van der Waals surface area contributed by atoms with E-state index in [0.717, 1.165) is 16.7 Å². The van der Waals surface area contributed by atoms with E-state index in [1.165, 1.54) is 12.1 Å². The van der Waals surface area contributed by atoms with Crippen LogP contribution in [0.3, 0.4) is 0 Å². The molecule has 0 spiro atoms. The molecule has 0 aliphatic carbocycles. The van der Waals surface area contributed by atoms with Crippen molar-refractivity contribution in [2.24, 2.45) is 0 Å². The van der Waals surface area contributed by atoms with Crippen LogP contribution in [-0.2, 0) is 16.0 Å². The minimum atomic E-state index is -0.505. The summed E-state index contributed by atoms with van der Waals surface area (Å²) in [5, 5.41) is 6.87. The van der Waals surface area contributed by atoms with Crippen molar-refractivity contribution < 1.29 is 14.0 Å². The first kappa shape index (κ1) is 23.0. The zero-order chi connectivity index (χ0) is 23.3. The van der Waals surface area contributed by atoms with Crippen molar-refractivity contribution in [2.45, 2.75) is 43.7 Å². The molecular weight excluding hydrogens is 439 g/mol. The molecule has 2 N–H and O–H groups in total. The van der Waals surface area contributed by atoms with Gasteiger partial charge < -0.3 is 10.6 Å². The fourth-order valence-corrected chi connectivity index (χ4v) is 4.55. The highest BCUT2D eigenvalue weighted by Crippen LogP contribution is 2.30. The SMILES string of the molecule is O=C(CCC1(Cc2ccc(F)cc2)CCC(=O)N1)NC(c1ccccc1)c1ccc(Cl)cc1. The third-order valence-electron chi connectivity index (χ3n) is 6.16. The third kappa shape index (κ3) is 5.99. The molecule has 1 aliphatic rings. The second-order valence-corrected chi connectivity index (χ2v) is 9.03. The average molecular weight is 465 g/mol. The molecule has 1 aliphatic heterocycles. The number of carbonyl (C=O) groups excluding carboxylic acids is 2. The van der Waals surface area contributed by atoms with Gasteiger partial charge in [0.2, 0.25) is 11.8 Å². The van der Waals surface area contributed by atoms with Gasteiger partial charge in [-0.3, -0.25) is 9.59 Å². The van der Waals surface area contributed by atoms with E-state index in [9.17, 15) is 14.0 Å². The number of carbonyl (C=O) groups is 2. The minimum absolute atomic E-state index is 0.0131. The molecule has 4 rings (SSSR count). The molecule has 0 saturated carbocycles. The molecule has 3 aromatic rings.